The van der Waals surface area contributed by atoms with Crippen LogP contribution in [0.25, 0.3) is 0 Å². The summed E-state index contributed by atoms with van der Waals surface area (Å²) in [6, 6.07) is 3.62. The molecule has 0 fully saturated rings. The zero-order chi connectivity index (χ0) is 15.8. The van der Waals surface area contributed by atoms with Gasteiger partial charge in [-0.2, -0.15) is 0 Å². The van der Waals surface area contributed by atoms with E-state index in [1.165, 1.54) is 0 Å². The van der Waals surface area contributed by atoms with Crippen LogP contribution in [0.1, 0.15) is 25.6 Å². The van der Waals surface area contributed by atoms with Crippen LogP contribution in [-0.2, 0) is 16.1 Å². The molecule has 0 spiro atoms. The first-order valence-corrected chi connectivity index (χ1v) is 8.15. The van der Waals surface area contributed by atoms with E-state index in [2.05, 4.69) is 5.32 Å². The number of rotatable bonds is 8. The molecule has 118 valence electrons. The summed E-state index contributed by atoms with van der Waals surface area (Å²) in [6.45, 7) is 7.93. The Hall–Kier alpha value is -1.40. The zero-order valence-electron chi connectivity index (χ0n) is 13.3. The maximum atomic E-state index is 12.1. The van der Waals surface area contributed by atoms with E-state index in [0.29, 0.717) is 19.6 Å². The van der Waals surface area contributed by atoms with Crippen LogP contribution in [0.4, 0.5) is 0 Å². The number of carbonyl (C=O) groups is 2. The number of nitrogens with zero attached hydrogens (tertiary/aromatic N) is 2. The number of hydrogen-bond donors (Lipinski definition) is 1. The van der Waals surface area contributed by atoms with Gasteiger partial charge in [0.15, 0.2) is 0 Å². The second-order valence-corrected chi connectivity index (χ2v) is 5.99. The molecule has 5 nitrogen and oxygen atoms in total. The lowest BCUT2D eigenvalue weighted by molar-refractivity contribution is -0.133. The number of carbonyl (C=O) groups excluding carboxylic acids is 2. The van der Waals surface area contributed by atoms with E-state index in [1.807, 2.05) is 38.3 Å². The van der Waals surface area contributed by atoms with Crippen LogP contribution in [-0.4, -0.2) is 54.3 Å². The van der Waals surface area contributed by atoms with Gasteiger partial charge in [0, 0.05) is 18.0 Å². The van der Waals surface area contributed by atoms with Crippen molar-refractivity contribution in [1.29, 1.82) is 0 Å². The summed E-state index contributed by atoms with van der Waals surface area (Å²) in [5.74, 6) is -0.00125. The number of thiophene rings is 1. The van der Waals surface area contributed by atoms with E-state index in [0.717, 1.165) is 4.88 Å². The summed E-state index contributed by atoms with van der Waals surface area (Å²) >= 11 is 1.62. The van der Waals surface area contributed by atoms with Gasteiger partial charge >= 0.3 is 0 Å². The van der Waals surface area contributed by atoms with Crippen molar-refractivity contribution in [1.82, 2.24) is 15.1 Å². The van der Waals surface area contributed by atoms with Gasteiger partial charge in [0.05, 0.1) is 19.1 Å². The Morgan fingerprint density at radius 1 is 1.33 bits per heavy atom. The highest BCUT2D eigenvalue weighted by Crippen LogP contribution is 2.08. The molecular formula is C15H25N3O2S. The molecule has 0 saturated carbocycles. The lowest BCUT2D eigenvalue weighted by Gasteiger charge is -2.26. The Morgan fingerprint density at radius 3 is 2.52 bits per heavy atom. The van der Waals surface area contributed by atoms with Crippen molar-refractivity contribution in [2.45, 2.75) is 33.4 Å². The molecule has 1 aromatic rings. The van der Waals surface area contributed by atoms with Crippen molar-refractivity contribution in [3.05, 3.63) is 22.4 Å². The van der Waals surface area contributed by atoms with Gasteiger partial charge in [-0.3, -0.25) is 14.5 Å². The summed E-state index contributed by atoms with van der Waals surface area (Å²) in [7, 11) is 1.80. The SMILES string of the molecule is CCN(CC)C(=O)CN(C)C(C)C(=O)NCc1cccs1. The molecule has 0 aliphatic rings. The molecule has 0 aromatic carbocycles. The molecule has 1 heterocycles. The molecule has 1 N–H and O–H groups in total. The third-order valence-electron chi connectivity index (χ3n) is 3.56. The molecule has 0 saturated heterocycles. The standard InChI is InChI=1S/C15H25N3O2S/c1-5-18(6-2)14(19)11-17(4)12(3)15(20)16-10-13-8-7-9-21-13/h7-9,12H,5-6,10-11H2,1-4H3,(H,16,20). The van der Waals surface area contributed by atoms with Gasteiger partial charge in [0.1, 0.15) is 0 Å². The molecule has 0 radical (unpaired) electrons. The third-order valence-corrected chi connectivity index (χ3v) is 4.43. The lowest BCUT2D eigenvalue weighted by Crippen LogP contribution is -2.47. The average Bonchev–Trinajstić information content (AvgIpc) is 2.98. The van der Waals surface area contributed by atoms with Crippen molar-refractivity contribution >= 4 is 23.2 Å². The van der Waals surface area contributed by atoms with Gasteiger partial charge in [-0.25, -0.2) is 0 Å². The van der Waals surface area contributed by atoms with E-state index < -0.39 is 0 Å². The van der Waals surface area contributed by atoms with E-state index in [-0.39, 0.29) is 24.4 Å². The Balaban J connectivity index is 2.43. The fourth-order valence-corrected chi connectivity index (χ4v) is 2.61. The molecule has 1 unspecified atom stereocenters. The van der Waals surface area contributed by atoms with Crippen molar-refractivity contribution < 1.29 is 9.59 Å². The zero-order valence-corrected chi connectivity index (χ0v) is 14.1. The first-order valence-electron chi connectivity index (χ1n) is 7.27. The predicted molar refractivity (Wildman–Crippen MR) is 86.2 cm³/mol. The van der Waals surface area contributed by atoms with E-state index in [4.69, 9.17) is 0 Å². The fraction of sp³-hybridized carbons (Fsp3) is 0.600. The number of amides is 2. The first kappa shape index (κ1) is 17.7. The summed E-state index contributed by atoms with van der Waals surface area (Å²) in [5.41, 5.74) is 0. The molecule has 0 bridgehead atoms. The van der Waals surface area contributed by atoms with Crippen LogP contribution >= 0.6 is 11.3 Å². The highest BCUT2D eigenvalue weighted by atomic mass is 32.1. The van der Waals surface area contributed by atoms with Crippen molar-refractivity contribution in [3.63, 3.8) is 0 Å². The van der Waals surface area contributed by atoms with Gasteiger partial charge < -0.3 is 10.2 Å². The number of likely N-dealkylation sites (N-methyl/N-ethyl adjacent to an activating group) is 2. The highest BCUT2D eigenvalue weighted by Gasteiger charge is 2.21. The number of hydrogen-bond acceptors (Lipinski definition) is 4. The minimum absolute atomic E-state index is 0.0559. The van der Waals surface area contributed by atoms with Crippen LogP contribution in [0.3, 0.4) is 0 Å². The fourth-order valence-electron chi connectivity index (χ4n) is 1.96. The molecule has 0 aliphatic carbocycles. The Bertz CT molecular complexity index is 444. The van der Waals surface area contributed by atoms with E-state index >= 15 is 0 Å². The lowest BCUT2D eigenvalue weighted by atomic mass is 10.2. The van der Waals surface area contributed by atoms with Gasteiger partial charge in [-0.05, 0) is 39.3 Å². The summed E-state index contributed by atoms with van der Waals surface area (Å²) in [5, 5.41) is 4.89. The average molecular weight is 311 g/mol. The molecule has 1 atom stereocenters. The quantitative estimate of drug-likeness (QED) is 0.792. The van der Waals surface area contributed by atoms with Gasteiger partial charge in [0.2, 0.25) is 11.8 Å². The minimum Gasteiger partial charge on any atom is -0.350 e. The summed E-state index contributed by atoms with van der Waals surface area (Å²) in [6.07, 6.45) is 0. The van der Waals surface area contributed by atoms with Gasteiger partial charge in [-0.1, -0.05) is 6.07 Å². The van der Waals surface area contributed by atoms with Crippen LogP contribution < -0.4 is 5.32 Å². The van der Waals surface area contributed by atoms with Crippen molar-refractivity contribution in [2.75, 3.05) is 26.7 Å². The first-order chi connectivity index (χ1) is 9.99. The second kappa shape index (κ2) is 8.79. The van der Waals surface area contributed by atoms with Crippen LogP contribution in [0.15, 0.2) is 17.5 Å². The normalized spacial score (nSPS) is 12.2. The van der Waals surface area contributed by atoms with Gasteiger partial charge in [-0.15, -0.1) is 11.3 Å². The molecule has 0 aliphatic heterocycles. The Labute approximate surface area is 130 Å². The molecule has 21 heavy (non-hydrogen) atoms. The maximum absolute atomic E-state index is 12.1. The monoisotopic (exact) mass is 311 g/mol. The van der Waals surface area contributed by atoms with Crippen LogP contribution in [0.5, 0.6) is 0 Å². The highest BCUT2D eigenvalue weighted by molar-refractivity contribution is 7.09. The maximum Gasteiger partial charge on any atom is 0.237 e. The van der Waals surface area contributed by atoms with Crippen LogP contribution in [0, 0.1) is 0 Å². The van der Waals surface area contributed by atoms with E-state index in [9.17, 15) is 9.59 Å². The molecule has 1 aromatic heterocycles. The number of nitrogens with one attached hydrogen (secondary N) is 1. The van der Waals surface area contributed by atoms with Crippen molar-refractivity contribution in [2.24, 2.45) is 0 Å². The predicted octanol–water partition coefficient (Wildman–Crippen LogP) is 1.55. The smallest absolute Gasteiger partial charge is 0.237 e. The minimum atomic E-state index is -0.329. The molecular weight excluding hydrogens is 286 g/mol. The molecule has 1 rings (SSSR count). The summed E-state index contributed by atoms with van der Waals surface area (Å²) < 4.78 is 0. The third kappa shape index (κ3) is 5.47. The molecule has 6 heteroatoms. The second-order valence-electron chi connectivity index (χ2n) is 4.95. The topological polar surface area (TPSA) is 52.7 Å². The largest absolute Gasteiger partial charge is 0.350 e. The Kier molecular flexibility index (Phi) is 7.39. The summed E-state index contributed by atoms with van der Waals surface area (Å²) in [4.78, 5) is 28.8. The van der Waals surface area contributed by atoms with Crippen molar-refractivity contribution in [3.8, 4) is 0 Å². The van der Waals surface area contributed by atoms with E-state index in [1.54, 1.807) is 28.2 Å². The van der Waals surface area contributed by atoms with Gasteiger partial charge in [0.25, 0.3) is 0 Å². The van der Waals surface area contributed by atoms with Crippen LogP contribution in [0.2, 0.25) is 0 Å². The Morgan fingerprint density at radius 2 is 2.00 bits per heavy atom. The molecule has 2 amide bonds.